The maximum atomic E-state index is 13.8. The SMILES string of the molecule is COc1ccc(C(=O)N2Cc3ccccc3NCC[C@@H]3CC[C@H](C2)N3C)cc1CN(C)C. The highest BCUT2D eigenvalue weighted by Gasteiger charge is 2.33. The van der Waals surface area contributed by atoms with Crippen LogP contribution in [0.25, 0.3) is 0 Å². The van der Waals surface area contributed by atoms with Crippen molar-refractivity contribution in [2.24, 2.45) is 0 Å². The van der Waals surface area contributed by atoms with E-state index in [0.29, 0.717) is 18.6 Å². The van der Waals surface area contributed by atoms with E-state index in [4.69, 9.17) is 4.74 Å². The summed E-state index contributed by atoms with van der Waals surface area (Å²) >= 11 is 0. The topological polar surface area (TPSA) is 48.1 Å². The Morgan fingerprint density at radius 2 is 1.91 bits per heavy atom. The van der Waals surface area contributed by atoms with Crippen LogP contribution in [-0.2, 0) is 13.1 Å². The van der Waals surface area contributed by atoms with Gasteiger partial charge in [-0.15, -0.1) is 0 Å². The lowest BCUT2D eigenvalue weighted by Gasteiger charge is -2.31. The second kappa shape index (κ2) is 9.92. The summed E-state index contributed by atoms with van der Waals surface area (Å²) in [6, 6.07) is 15.2. The Balaban J connectivity index is 1.67. The predicted octanol–water partition coefficient (Wildman–Crippen LogP) is 3.68. The summed E-state index contributed by atoms with van der Waals surface area (Å²) < 4.78 is 5.54. The lowest BCUT2D eigenvalue weighted by atomic mass is 10.1. The molecule has 2 aliphatic rings. The smallest absolute Gasteiger partial charge is 0.254 e. The molecule has 0 aromatic heterocycles. The zero-order valence-corrected chi connectivity index (χ0v) is 19.8. The van der Waals surface area contributed by atoms with Crippen molar-refractivity contribution in [2.75, 3.05) is 46.7 Å². The number of hydrogen-bond donors (Lipinski definition) is 1. The molecule has 2 heterocycles. The summed E-state index contributed by atoms with van der Waals surface area (Å²) in [5, 5.41) is 3.62. The van der Waals surface area contributed by atoms with Gasteiger partial charge in [0.25, 0.3) is 5.91 Å². The van der Waals surface area contributed by atoms with Gasteiger partial charge in [-0.3, -0.25) is 9.69 Å². The predicted molar refractivity (Wildman–Crippen MR) is 129 cm³/mol. The number of methoxy groups -OCH3 is 1. The fraction of sp³-hybridized carbons (Fsp3) is 0.500. The molecular weight excluding hydrogens is 400 g/mol. The number of likely N-dealkylation sites (N-methyl/N-ethyl adjacent to an activating group) is 1. The van der Waals surface area contributed by atoms with Gasteiger partial charge in [-0.1, -0.05) is 18.2 Å². The first kappa shape index (κ1) is 22.6. The Morgan fingerprint density at radius 3 is 2.69 bits per heavy atom. The van der Waals surface area contributed by atoms with Crippen molar-refractivity contribution in [3.63, 3.8) is 0 Å². The van der Waals surface area contributed by atoms with Crippen LogP contribution in [0.4, 0.5) is 5.69 Å². The lowest BCUT2D eigenvalue weighted by Crippen LogP contribution is -2.43. The summed E-state index contributed by atoms with van der Waals surface area (Å²) in [6.07, 6.45) is 3.46. The first-order valence-corrected chi connectivity index (χ1v) is 11.6. The lowest BCUT2D eigenvalue weighted by molar-refractivity contribution is 0.0689. The van der Waals surface area contributed by atoms with Crippen LogP contribution in [-0.4, -0.2) is 74.0 Å². The third kappa shape index (κ3) is 4.92. The molecule has 2 atom stereocenters. The minimum atomic E-state index is 0.0820. The second-order valence-electron chi connectivity index (χ2n) is 9.37. The van der Waals surface area contributed by atoms with E-state index in [2.05, 4.69) is 46.4 Å². The number of nitrogens with zero attached hydrogens (tertiary/aromatic N) is 3. The van der Waals surface area contributed by atoms with Gasteiger partial charge in [0.05, 0.1) is 7.11 Å². The number of amides is 1. The molecule has 4 rings (SSSR count). The molecule has 1 N–H and O–H groups in total. The number of fused-ring (bicyclic) bond motifs is 3. The molecule has 32 heavy (non-hydrogen) atoms. The maximum Gasteiger partial charge on any atom is 0.254 e. The van der Waals surface area contributed by atoms with Crippen molar-refractivity contribution in [3.8, 4) is 5.75 Å². The average Bonchev–Trinajstić information content (AvgIpc) is 3.11. The number of hydrogen-bond acceptors (Lipinski definition) is 5. The highest BCUT2D eigenvalue weighted by Crippen LogP contribution is 2.29. The van der Waals surface area contributed by atoms with Crippen LogP contribution >= 0.6 is 0 Å². The normalized spacial score (nSPS) is 21.6. The molecule has 0 unspecified atom stereocenters. The highest BCUT2D eigenvalue weighted by atomic mass is 16.5. The molecule has 0 radical (unpaired) electrons. The molecule has 6 nitrogen and oxygen atoms in total. The summed E-state index contributed by atoms with van der Waals surface area (Å²) in [7, 11) is 7.95. The largest absolute Gasteiger partial charge is 0.496 e. The maximum absolute atomic E-state index is 13.8. The van der Waals surface area contributed by atoms with E-state index >= 15 is 0 Å². The third-order valence-electron chi connectivity index (χ3n) is 6.89. The molecule has 0 aliphatic carbocycles. The quantitative estimate of drug-likeness (QED) is 0.792. The van der Waals surface area contributed by atoms with Crippen LogP contribution < -0.4 is 10.1 Å². The number of carbonyl (C=O) groups is 1. The number of anilines is 1. The number of rotatable bonds is 4. The van der Waals surface area contributed by atoms with E-state index in [1.165, 1.54) is 12.0 Å². The van der Waals surface area contributed by atoms with E-state index in [1.807, 2.05) is 37.2 Å². The fourth-order valence-corrected chi connectivity index (χ4v) is 5.10. The molecule has 1 fully saturated rings. The van der Waals surface area contributed by atoms with Crippen LogP contribution in [0.2, 0.25) is 0 Å². The molecule has 2 aliphatic heterocycles. The molecule has 1 amide bonds. The van der Waals surface area contributed by atoms with Crippen molar-refractivity contribution in [1.29, 1.82) is 0 Å². The second-order valence-corrected chi connectivity index (χ2v) is 9.37. The van der Waals surface area contributed by atoms with E-state index < -0.39 is 0 Å². The summed E-state index contributed by atoms with van der Waals surface area (Å²) in [6.45, 7) is 3.03. The van der Waals surface area contributed by atoms with Crippen LogP contribution in [0, 0.1) is 0 Å². The van der Waals surface area contributed by atoms with E-state index in [1.54, 1.807) is 7.11 Å². The van der Waals surface area contributed by atoms with Gasteiger partial charge in [0, 0.05) is 55.1 Å². The summed E-state index contributed by atoms with van der Waals surface area (Å²) in [5.41, 5.74) is 4.05. The van der Waals surface area contributed by atoms with Crippen molar-refractivity contribution in [1.82, 2.24) is 14.7 Å². The molecule has 0 spiro atoms. The summed E-state index contributed by atoms with van der Waals surface area (Å²) in [5.74, 6) is 0.902. The Bertz CT molecular complexity index is 945. The average molecular weight is 437 g/mol. The number of nitrogens with one attached hydrogen (secondary N) is 1. The van der Waals surface area contributed by atoms with Gasteiger partial charge >= 0.3 is 0 Å². The zero-order valence-electron chi connectivity index (χ0n) is 19.8. The minimum Gasteiger partial charge on any atom is -0.496 e. The van der Waals surface area contributed by atoms with Gasteiger partial charge in [-0.2, -0.15) is 0 Å². The fourth-order valence-electron chi connectivity index (χ4n) is 5.10. The third-order valence-corrected chi connectivity index (χ3v) is 6.89. The van der Waals surface area contributed by atoms with Crippen molar-refractivity contribution < 1.29 is 9.53 Å². The first-order valence-electron chi connectivity index (χ1n) is 11.6. The van der Waals surface area contributed by atoms with Gasteiger partial charge in [-0.25, -0.2) is 0 Å². The molecule has 1 saturated heterocycles. The molecule has 2 aromatic rings. The Labute approximate surface area is 192 Å². The molecule has 172 valence electrons. The minimum absolute atomic E-state index is 0.0820. The number of para-hydroxylation sites is 1. The van der Waals surface area contributed by atoms with Crippen LogP contribution in [0.3, 0.4) is 0 Å². The van der Waals surface area contributed by atoms with Crippen molar-refractivity contribution >= 4 is 11.6 Å². The highest BCUT2D eigenvalue weighted by molar-refractivity contribution is 5.94. The van der Waals surface area contributed by atoms with Gasteiger partial charge in [0.2, 0.25) is 0 Å². The van der Waals surface area contributed by atoms with E-state index in [0.717, 1.165) is 55.0 Å². The molecule has 2 aromatic carbocycles. The molecule has 0 saturated carbocycles. The Morgan fingerprint density at radius 1 is 1.12 bits per heavy atom. The van der Waals surface area contributed by atoms with Crippen molar-refractivity contribution in [2.45, 2.75) is 44.4 Å². The number of carbonyl (C=O) groups excluding carboxylic acids is 1. The monoisotopic (exact) mass is 436 g/mol. The summed E-state index contributed by atoms with van der Waals surface area (Å²) in [4.78, 5) is 20.4. The van der Waals surface area contributed by atoms with Gasteiger partial charge < -0.3 is 19.9 Å². The van der Waals surface area contributed by atoms with Crippen LogP contribution in [0.5, 0.6) is 5.75 Å². The standard InChI is InChI=1S/C26H36N4O2/c1-28(2)16-21-15-19(9-12-25(21)32-4)26(31)30-17-20-7-5-6-8-24(20)27-14-13-22-10-11-23(18-30)29(22)3/h5-9,12,15,22-23,27H,10-11,13-14,16-18H2,1-4H3/t22-,23+/m0/s1. The number of benzene rings is 2. The number of ether oxygens (including phenoxy) is 1. The molecular formula is C26H36N4O2. The van der Waals surface area contributed by atoms with E-state index in [-0.39, 0.29) is 5.91 Å². The van der Waals surface area contributed by atoms with Crippen LogP contribution in [0.15, 0.2) is 42.5 Å². The van der Waals surface area contributed by atoms with Crippen molar-refractivity contribution in [3.05, 3.63) is 59.2 Å². The van der Waals surface area contributed by atoms with E-state index in [9.17, 15) is 4.79 Å². The Hall–Kier alpha value is -2.57. The molecule has 2 bridgehead atoms. The molecule has 6 heteroatoms. The van der Waals surface area contributed by atoms with Gasteiger partial charge in [0.15, 0.2) is 0 Å². The van der Waals surface area contributed by atoms with Gasteiger partial charge in [0.1, 0.15) is 5.75 Å². The van der Waals surface area contributed by atoms with Gasteiger partial charge in [-0.05, 0) is 70.2 Å². The zero-order chi connectivity index (χ0) is 22.7. The Kier molecular flexibility index (Phi) is 7.01. The first-order chi connectivity index (χ1) is 15.5. The van der Waals surface area contributed by atoms with Crippen LogP contribution in [0.1, 0.15) is 40.7 Å².